The van der Waals surface area contributed by atoms with Gasteiger partial charge in [0.2, 0.25) is 0 Å². The van der Waals surface area contributed by atoms with Gasteiger partial charge in [-0.05, 0) is 112 Å². The van der Waals surface area contributed by atoms with Crippen LogP contribution in [0.2, 0.25) is 0 Å². The number of aromatic nitrogens is 2. The number of rotatable bonds is 9. The summed E-state index contributed by atoms with van der Waals surface area (Å²) in [6.07, 6.45) is 0. The highest BCUT2D eigenvalue weighted by Crippen LogP contribution is 2.42. The average molecular weight is 999 g/mol. The summed E-state index contributed by atoms with van der Waals surface area (Å²) in [6, 6.07) is 114. The number of fused-ring (bicyclic) bond motifs is 9. The van der Waals surface area contributed by atoms with Crippen molar-refractivity contribution < 1.29 is 0 Å². The van der Waals surface area contributed by atoms with Crippen molar-refractivity contribution in [3.05, 3.63) is 303 Å². The van der Waals surface area contributed by atoms with Crippen molar-refractivity contribution >= 4 is 101 Å². The van der Waals surface area contributed by atoms with Crippen molar-refractivity contribution in [2.75, 3.05) is 0 Å². The fraction of sp³-hybridized carbons (Fsp3) is 0. The van der Waals surface area contributed by atoms with Crippen LogP contribution < -0.4 is 41.5 Å². The fourth-order valence-corrected chi connectivity index (χ4v) is 23.8. The van der Waals surface area contributed by atoms with Crippen molar-refractivity contribution in [2.24, 2.45) is 0 Å². The quantitative estimate of drug-likeness (QED) is 0.101. The summed E-state index contributed by atoms with van der Waals surface area (Å²) in [7, 11) is -5.61. The lowest BCUT2D eigenvalue weighted by Gasteiger charge is -2.34. The highest BCUT2D eigenvalue weighted by Gasteiger charge is 2.50. The Bertz CT molecular complexity index is 4370. The molecule has 0 amide bonds. The lowest BCUT2D eigenvalue weighted by molar-refractivity contribution is 1.17. The standard InChI is InChI=1S/C72H50N2Si2/c1-6-26-53(27-7-1)75(54-28-8-2-9-29-54,55-30-10-3-11-31-55)58-36-22-25-51(49-58)73-66-43-19-16-37-59(66)65-50-52(47-48-68(65)73)74-67-44-20-17-39-64(67)71-61(40-24-45-69(71)74)63-42-23-41-62-60-38-18-21-46-70(60)76(72(62)63,56-32-12-4-13-33-56)57-34-14-5-15-35-57/h1-50H. The van der Waals surface area contributed by atoms with Crippen molar-refractivity contribution in [3.8, 4) is 33.6 Å². The van der Waals surface area contributed by atoms with Gasteiger partial charge in [-0.15, -0.1) is 0 Å². The Kier molecular flexibility index (Phi) is 10.3. The lowest BCUT2D eigenvalue weighted by Crippen LogP contribution is -2.74. The normalized spacial score (nSPS) is 12.8. The minimum atomic E-state index is -2.82. The van der Waals surface area contributed by atoms with Crippen LogP contribution in [0.3, 0.4) is 0 Å². The van der Waals surface area contributed by atoms with Crippen LogP contribution in [0, 0.1) is 0 Å². The second-order valence-electron chi connectivity index (χ2n) is 20.3. The van der Waals surface area contributed by atoms with Gasteiger partial charge in [0.1, 0.15) is 0 Å². The maximum Gasteiger partial charge on any atom is 0.181 e. The summed E-state index contributed by atoms with van der Waals surface area (Å²) in [5.41, 5.74) is 12.3. The van der Waals surface area contributed by atoms with Gasteiger partial charge >= 0.3 is 0 Å². The first-order valence-corrected chi connectivity index (χ1v) is 30.4. The molecule has 0 atom stereocenters. The van der Waals surface area contributed by atoms with Crippen LogP contribution in [-0.4, -0.2) is 25.3 Å². The van der Waals surface area contributed by atoms with E-state index in [1.54, 1.807) is 0 Å². The molecule has 0 fully saturated rings. The minimum absolute atomic E-state index is 1.14. The van der Waals surface area contributed by atoms with E-state index in [-0.39, 0.29) is 0 Å². The molecule has 0 saturated carbocycles. The van der Waals surface area contributed by atoms with E-state index in [0.717, 1.165) is 11.4 Å². The van der Waals surface area contributed by atoms with Crippen molar-refractivity contribution in [1.82, 2.24) is 9.13 Å². The molecular formula is C72H50N2Si2. The SMILES string of the molecule is c1ccc([Si](c2ccccc2)(c2ccccc2)c2cccc(-n3c4ccccc4c4cc(-n5c6ccccc6c6c(-c7cccc8c7[Si](c7ccccc7)(c7ccccc7)c7ccccc7-8)cccc65)ccc43)c2)cc1. The maximum atomic E-state index is 2.51. The van der Waals surface area contributed by atoms with E-state index in [4.69, 9.17) is 0 Å². The molecule has 356 valence electrons. The molecule has 2 aromatic heterocycles. The molecule has 1 aliphatic rings. The average Bonchev–Trinajstić information content (AvgIpc) is 4.32. The maximum absolute atomic E-state index is 2.82. The van der Waals surface area contributed by atoms with E-state index in [9.17, 15) is 0 Å². The smallest absolute Gasteiger partial charge is 0.181 e. The predicted molar refractivity (Wildman–Crippen MR) is 327 cm³/mol. The van der Waals surface area contributed by atoms with Crippen LogP contribution >= 0.6 is 0 Å². The molecule has 15 rings (SSSR count). The largest absolute Gasteiger partial charge is 0.309 e. The van der Waals surface area contributed by atoms with Gasteiger partial charge < -0.3 is 9.13 Å². The molecule has 4 heteroatoms. The third-order valence-corrected chi connectivity index (χ3v) is 26.2. The highest BCUT2D eigenvalue weighted by molar-refractivity contribution is 7.23. The predicted octanol–water partition coefficient (Wildman–Crippen LogP) is 12.3. The summed E-state index contributed by atoms with van der Waals surface area (Å²) < 4.78 is 5.00. The van der Waals surface area contributed by atoms with Gasteiger partial charge in [0.15, 0.2) is 16.1 Å². The molecule has 0 radical (unpaired) electrons. The number of para-hydroxylation sites is 2. The first-order valence-electron chi connectivity index (χ1n) is 26.4. The molecule has 0 spiro atoms. The number of hydrogen-bond donors (Lipinski definition) is 0. The van der Waals surface area contributed by atoms with Gasteiger partial charge in [-0.3, -0.25) is 0 Å². The van der Waals surface area contributed by atoms with Gasteiger partial charge in [-0.25, -0.2) is 0 Å². The summed E-state index contributed by atoms with van der Waals surface area (Å²) in [5, 5.41) is 16.1. The fourth-order valence-electron chi connectivity index (χ4n) is 13.6. The Balaban J connectivity index is 0.944. The van der Waals surface area contributed by atoms with E-state index in [2.05, 4.69) is 312 Å². The summed E-state index contributed by atoms with van der Waals surface area (Å²) in [6.45, 7) is 0. The minimum Gasteiger partial charge on any atom is -0.309 e. The van der Waals surface area contributed by atoms with Gasteiger partial charge in [0.05, 0.1) is 22.1 Å². The van der Waals surface area contributed by atoms with Crippen LogP contribution in [0.15, 0.2) is 303 Å². The van der Waals surface area contributed by atoms with Crippen LogP contribution in [0.1, 0.15) is 0 Å². The molecule has 0 saturated heterocycles. The van der Waals surface area contributed by atoms with Crippen LogP contribution in [0.5, 0.6) is 0 Å². The van der Waals surface area contributed by atoms with Crippen LogP contribution in [0.4, 0.5) is 0 Å². The van der Waals surface area contributed by atoms with E-state index in [0.29, 0.717) is 0 Å². The molecular weight excluding hydrogens is 949 g/mol. The Morgan fingerprint density at radius 1 is 0.263 bits per heavy atom. The van der Waals surface area contributed by atoms with Crippen molar-refractivity contribution in [1.29, 1.82) is 0 Å². The van der Waals surface area contributed by atoms with Crippen molar-refractivity contribution in [3.63, 3.8) is 0 Å². The molecule has 76 heavy (non-hydrogen) atoms. The molecule has 0 N–H and O–H groups in total. The number of nitrogens with zero attached hydrogens (tertiary/aromatic N) is 2. The summed E-state index contributed by atoms with van der Waals surface area (Å²) in [4.78, 5) is 0. The number of hydrogen-bond acceptors (Lipinski definition) is 0. The summed E-state index contributed by atoms with van der Waals surface area (Å²) in [5.74, 6) is 0. The Morgan fingerprint density at radius 3 is 1.33 bits per heavy atom. The third-order valence-electron chi connectivity index (χ3n) is 16.5. The van der Waals surface area contributed by atoms with Gasteiger partial charge in [-0.1, -0.05) is 255 Å². The zero-order chi connectivity index (χ0) is 50.2. The summed E-state index contributed by atoms with van der Waals surface area (Å²) >= 11 is 0. The first kappa shape index (κ1) is 44.2. The van der Waals surface area contributed by atoms with E-state index in [1.807, 2.05) is 0 Å². The van der Waals surface area contributed by atoms with Crippen molar-refractivity contribution in [2.45, 2.75) is 0 Å². The Labute approximate surface area is 444 Å². The van der Waals surface area contributed by atoms with Gasteiger partial charge in [0.25, 0.3) is 0 Å². The molecule has 0 aliphatic carbocycles. The second-order valence-corrected chi connectivity index (χ2v) is 27.8. The Hall–Kier alpha value is -9.33. The van der Waals surface area contributed by atoms with Gasteiger partial charge in [0, 0.05) is 32.9 Å². The van der Waals surface area contributed by atoms with E-state index < -0.39 is 16.1 Å². The topological polar surface area (TPSA) is 9.86 Å². The highest BCUT2D eigenvalue weighted by atomic mass is 28.3. The molecule has 14 aromatic rings. The Morgan fingerprint density at radius 2 is 0.684 bits per heavy atom. The lowest BCUT2D eigenvalue weighted by atomic mass is 9.96. The monoisotopic (exact) mass is 998 g/mol. The molecule has 0 unspecified atom stereocenters. The first-order chi connectivity index (χ1) is 37.7. The zero-order valence-corrected chi connectivity index (χ0v) is 43.8. The number of benzene rings is 12. The van der Waals surface area contributed by atoms with Gasteiger partial charge in [-0.2, -0.15) is 0 Å². The third kappa shape index (κ3) is 6.38. The molecule has 2 nitrogen and oxygen atoms in total. The molecule has 3 heterocycles. The van der Waals surface area contributed by atoms with Crippen LogP contribution in [0.25, 0.3) is 77.2 Å². The molecule has 1 aliphatic heterocycles. The van der Waals surface area contributed by atoms with Crippen LogP contribution in [-0.2, 0) is 0 Å². The molecule has 12 aromatic carbocycles. The second kappa shape index (κ2) is 17.7. The van der Waals surface area contributed by atoms with E-state index in [1.165, 1.54) is 107 Å². The zero-order valence-electron chi connectivity index (χ0n) is 41.8. The van der Waals surface area contributed by atoms with E-state index >= 15 is 0 Å². The molecule has 0 bridgehead atoms.